The molecule has 0 spiro atoms. The van der Waals surface area contributed by atoms with Crippen molar-refractivity contribution in [2.45, 2.75) is 5.33 Å². The Kier molecular flexibility index (Phi) is 4.39. The van der Waals surface area contributed by atoms with Crippen LogP contribution in [-0.4, -0.2) is 0 Å². The summed E-state index contributed by atoms with van der Waals surface area (Å²) in [6, 6.07) is 12.5. The van der Waals surface area contributed by atoms with Crippen LogP contribution in [0.1, 0.15) is 5.56 Å². The SMILES string of the molecule is Fc1cccc(Oc2cccc(I)c2)c1CBr. The van der Waals surface area contributed by atoms with Gasteiger partial charge in [-0.2, -0.15) is 0 Å². The standard InChI is InChI=1S/C13H9BrFIO/c14-8-11-12(15)5-2-6-13(11)17-10-4-1-3-9(16)7-10/h1-7H,8H2. The molecule has 0 fully saturated rings. The van der Waals surface area contributed by atoms with Gasteiger partial charge in [0, 0.05) is 14.5 Å². The fraction of sp³-hybridized carbons (Fsp3) is 0.0769. The van der Waals surface area contributed by atoms with E-state index < -0.39 is 0 Å². The maximum absolute atomic E-state index is 13.5. The topological polar surface area (TPSA) is 9.23 Å². The van der Waals surface area contributed by atoms with E-state index in [1.165, 1.54) is 6.07 Å². The van der Waals surface area contributed by atoms with Crippen LogP contribution in [0, 0.1) is 9.39 Å². The highest BCUT2D eigenvalue weighted by molar-refractivity contribution is 14.1. The lowest BCUT2D eigenvalue weighted by Crippen LogP contribution is -1.93. The van der Waals surface area contributed by atoms with Crippen molar-refractivity contribution >= 4 is 38.5 Å². The summed E-state index contributed by atoms with van der Waals surface area (Å²) in [5, 5.41) is 0.429. The lowest BCUT2D eigenvalue weighted by Gasteiger charge is -2.10. The number of ether oxygens (including phenoxy) is 1. The fourth-order valence-electron chi connectivity index (χ4n) is 1.42. The van der Waals surface area contributed by atoms with Crippen LogP contribution in [0.4, 0.5) is 4.39 Å². The molecule has 0 saturated heterocycles. The van der Waals surface area contributed by atoms with Crippen LogP contribution in [-0.2, 0) is 5.33 Å². The van der Waals surface area contributed by atoms with Crippen molar-refractivity contribution < 1.29 is 9.13 Å². The Balaban J connectivity index is 2.33. The van der Waals surface area contributed by atoms with E-state index in [-0.39, 0.29) is 5.82 Å². The zero-order valence-corrected chi connectivity index (χ0v) is 12.5. The predicted molar refractivity (Wildman–Crippen MR) is 78.3 cm³/mol. The summed E-state index contributed by atoms with van der Waals surface area (Å²) in [6.07, 6.45) is 0. The molecule has 88 valence electrons. The molecule has 0 aliphatic rings. The first-order valence-electron chi connectivity index (χ1n) is 4.97. The van der Waals surface area contributed by atoms with Crippen LogP contribution in [0.5, 0.6) is 11.5 Å². The summed E-state index contributed by atoms with van der Waals surface area (Å²) in [7, 11) is 0. The summed E-state index contributed by atoms with van der Waals surface area (Å²) in [4.78, 5) is 0. The molecule has 1 nitrogen and oxygen atoms in total. The van der Waals surface area contributed by atoms with Gasteiger partial charge in [-0.05, 0) is 52.9 Å². The first-order valence-corrected chi connectivity index (χ1v) is 7.17. The Morgan fingerprint density at radius 2 is 1.94 bits per heavy atom. The average Bonchev–Trinajstić information content (AvgIpc) is 2.29. The molecule has 0 radical (unpaired) electrons. The first-order chi connectivity index (χ1) is 8.20. The molecule has 0 atom stereocenters. The Hall–Kier alpha value is -0.620. The summed E-state index contributed by atoms with van der Waals surface area (Å²) in [5.41, 5.74) is 0.534. The molecule has 0 heterocycles. The lowest BCUT2D eigenvalue weighted by atomic mass is 10.2. The average molecular weight is 407 g/mol. The molecule has 0 saturated carbocycles. The van der Waals surface area contributed by atoms with Gasteiger partial charge in [0.15, 0.2) is 0 Å². The number of benzene rings is 2. The van der Waals surface area contributed by atoms with E-state index in [2.05, 4.69) is 38.5 Å². The summed E-state index contributed by atoms with van der Waals surface area (Å²) >= 11 is 5.47. The molecule has 4 heteroatoms. The van der Waals surface area contributed by atoms with Crippen LogP contribution in [0.15, 0.2) is 42.5 Å². The van der Waals surface area contributed by atoms with Crippen molar-refractivity contribution in [3.63, 3.8) is 0 Å². The monoisotopic (exact) mass is 406 g/mol. The number of rotatable bonds is 3. The maximum atomic E-state index is 13.5. The van der Waals surface area contributed by atoms with Gasteiger partial charge in [0.25, 0.3) is 0 Å². The van der Waals surface area contributed by atoms with Crippen LogP contribution in [0.25, 0.3) is 0 Å². The van der Waals surface area contributed by atoms with Gasteiger partial charge in [-0.3, -0.25) is 0 Å². The van der Waals surface area contributed by atoms with Crippen LogP contribution < -0.4 is 4.74 Å². The maximum Gasteiger partial charge on any atom is 0.134 e. The zero-order valence-electron chi connectivity index (χ0n) is 8.79. The second kappa shape index (κ2) is 5.82. The number of hydrogen-bond acceptors (Lipinski definition) is 1. The molecule has 2 aromatic carbocycles. The second-order valence-corrected chi connectivity index (χ2v) is 5.22. The quantitative estimate of drug-likeness (QED) is 0.508. The van der Waals surface area contributed by atoms with Gasteiger partial charge >= 0.3 is 0 Å². The molecule has 2 rings (SSSR count). The predicted octanol–water partition coefficient (Wildman–Crippen LogP) is 5.12. The molecular formula is C13H9BrFIO. The molecule has 17 heavy (non-hydrogen) atoms. The van der Waals surface area contributed by atoms with Gasteiger partial charge in [-0.1, -0.05) is 28.1 Å². The summed E-state index contributed by atoms with van der Waals surface area (Å²) < 4.78 is 20.3. The van der Waals surface area contributed by atoms with Gasteiger partial charge in [0.05, 0.1) is 0 Å². The van der Waals surface area contributed by atoms with Gasteiger partial charge < -0.3 is 4.74 Å². The molecule has 0 aromatic heterocycles. The van der Waals surface area contributed by atoms with Crippen molar-refractivity contribution in [2.75, 3.05) is 0 Å². The molecule has 0 aliphatic carbocycles. The smallest absolute Gasteiger partial charge is 0.134 e. The molecule has 0 N–H and O–H groups in total. The van der Waals surface area contributed by atoms with E-state index in [0.717, 1.165) is 3.57 Å². The van der Waals surface area contributed by atoms with Gasteiger partial charge in [0.2, 0.25) is 0 Å². The van der Waals surface area contributed by atoms with Crippen molar-refractivity contribution in [2.24, 2.45) is 0 Å². The Morgan fingerprint density at radius 1 is 1.18 bits per heavy atom. The molecule has 0 unspecified atom stereocenters. The molecule has 0 aliphatic heterocycles. The normalized spacial score (nSPS) is 10.3. The van der Waals surface area contributed by atoms with E-state index >= 15 is 0 Å². The lowest BCUT2D eigenvalue weighted by molar-refractivity contribution is 0.470. The van der Waals surface area contributed by atoms with E-state index in [1.807, 2.05) is 24.3 Å². The number of halogens is 3. The highest BCUT2D eigenvalue weighted by atomic mass is 127. The van der Waals surface area contributed by atoms with Crippen molar-refractivity contribution in [3.05, 3.63) is 57.4 Å². The van der Waals surface area contributed by atoms with Crippen LogP contribution in [0.3, 0.4) is 0 Å². The summed E-state index contributed by atoms with van der Waals surface area (Å²) in [6.45, 7) is 0. The second-order valence-electron chi connectivity index (χ2n) is 3.41. The number of hydrogen-bond donors (Lipinski definition) is 0. The molecule has 0 amide bonds. The van der Waals surface area contributed by atoms with Crippen LogP contribution >= 0.6 is 38.5 Å². The van der Waals surface area contributed by atoms with Gasteiger partial charge in [-0.15, -0.1) is 0 Å². The first kappa shape index (κ1) is 12.8. The van der Waals surface area contributed by atoms with Crippen molar-refractivity contribution in [1.29, 1.82) is 0 Å². The van der Waals surface area contributed by atoms with Crippen molar-refractivity contribution in [1.82, 2.24) is 0 Å². The van der Waals surface area contributed by atoms with Crippen LogP contribution in [0.2, 0.25) is 0 Å². The molecule has 2 aromatic rings. The third kappa shape index (κ3) is 3.19. The third-order valence-electron chi connectivity index (χ3n) is 2.23. The Morgan fingerprint density at radius 3 is 2.65 bits per heavy atom. The largest absolute Gasteiger partial charge is 0.457 e. The Bertz CT molecular complexity index is 531. The highest BCUT2D eigenvalue weighted by Crippen LogP contribution is 2.29. The Labute approximate surface area is 121 Å². The fourth-order valence-corrected chi connectivity index (χ4v) is 2.48. The molecule has 0 bridgehead atoms. The minimum Gasteiger partial charge on any atom is -0.457 e. The van der Waals surface area contributed by atoms with Gasteiger partial charge in [-0.25, -0.2) is 4.39 Å². The minimum atomic E-state index is -0.259. The zero-order chi connectivity index (χ0) is 12.3. The third-order valence-corrected chi connectivity index (χ3v) is 3.47. The van der Waals surface area contributed by atoms with E-state index in [4.69, 9.17) is 4.74 Å². The van der Waals surface area contributed by atoms with Gasteiger partial charge in [0.1, 0.15) is 17.3 Å². The van der Waals surface area contributed by atoms with Crippen molar-refractivity contribution in [3.8, 4) is 11.5 Å². The summed E-state index contributed by atoms with van der Waals surface area (Å²) in [5.74, 6) is 0.999. The van der Waals surface area contributed by atoms with E-state index in [0.29, 0.717) is 22.4 Å². The van der Waals surface area contributed by atoms with E-state index in [9.17, 15) is 4.39 Å². The van der Waals surface area contributed by atoms with E-state index in [1.54, 1.807) is 12.1 Å². The highest BCUT2D eigenvalue weighted by Gasteiger charge is 2.09. The number of alkyl halides is 1. The molecular weight excluding hydrogens is 398 g/mol. The minimum absolute atomic E-state index is 0.259.